The van der Waals surface area contributed by atoms with E-state index in [0.29, 0.717) is 5.92 Å². The van der Waals surface area contributed by atoms with Crippen molar-refractivity contribution >= 4 is 0 Å². The summed E-state index contributed by atoms with van der Waals surface area (Å²) < 4.78 is 0. The summed E-state index contributed by atoms with van der Waals surface area (Å²) in [5, 5.41) is 3.44. The molecule has 1 aliphatic rings. The summed E-state index contributed by atoms with van der Waals surface area (Å²) in [6.07, 6.45) is 7.32. The van der Waals surface area contributed by atoms with Crippen LogP contribution in [-0.2, 0) is 0 Å². The number of hydrogen-bond acceptors (Lipinski definition) is 3. The molecule has 70 valence electrons. The third kappa shape index (κ3) is 2.25. The molecule has 1 fully saturated rings. The minimum atomic E-state index is 0.588. The lowest BCUT2D eigenvalue weighted by molar-refractivity contribution is 0.594. The van der Waals surface area contributed by atoms with Crippen LogP contribution in [0.4, 0.5) is 0 Å². The molecule has 1 atom stereocenters. The van der Waals surface area contributed by atoms with E-state index >= 15 is 0 Å². The maximum absolute atomic E-state index is 4.29. The Balaban J connectivity index is 2.06. The lowest BCUT2D eigenvalue weighted by Gasteiger charge is -2.12. The third-order valence-electron chi connectivity index (χ3n) is 2.57. The van der Waals surface area contributed by atoms with Crippen LogP contribution in [-0.4, -0.2) is 23.1 Å². The van der Waals surface area contributed by atoms with Crippen molar-refractivity contribution in [2.75, 3.05) is 13.1 Å². The Hall–Kier alpha value is -0.960. The van der Waals surface area contributed by atoms with Gasteiger partial charge < -0.3 is 5.32 Å². The molecule has 2 rings (SSSR count). The quantitative estimate of drug-likeness (QED) is 0.703. The normalized spacial score (nSPS) is 23.8. The molecular weight excluding hydrogens is 162 g/mol. The Morgan fingerprint density at radius 1 is 1.38 bits per heavy atom. The number of rotatable bonds is 1. The van der Waals surface area contributed by atoms with Gasteiger partial charge in [0.15, 0.2) is 0 Å². The van der Waals surface area contributed by atoms with Gasteiger partial charge in [0.1, 0.15) is 6.33 Å². The molecule has 1 aromatic heterocycles. The highest BCUT2D eigenvalue weighted by atomic mass is 14.9. The zero-order valence-electron chi connectivity index (χ0n) is 7.74. The minimum absolute atomic E-state index is 0.588. The Bertz CT molecular complexity index is 240. The van der Waals surface area contributed by atoms with Gasteiger partial charge in [-0.15, -0.1) is 0 Å². The molecule has 13 heavy (non-hydrogen) atoms. The summed E-state index contributed by atoms with van der Waals surface area (Å²) in [5.74, 6) is 0.588. The topological polar surface area (TPSA) is 37.8 Å². The summed E-state index contributed by atoms with van der Waals surface area (Å²) >= 11 is 0. The van der Waals surface area contributed by atoms with E-state index in [0.717, 1.165) is 13.1 Å². The molecule has 3 heteroatoms. The molecule has 3 nitrogen and oxygen atoms in total. The van der Waals surface area contributed by atoms with E-state index in [-0.39, 0.29) is 0 Å². The van der Waals surface area contributed by atoms with Gasteiger partial charge in [0.2, 0.25) is 0 Å². The molecule has 1 aliphatic heterocycles. The molecule has 0 saturated carbocycles. The molecule has 0 radical (unpaired) electrons. The minimum Gasteiger partial charge on any atom is -0.316 e. The predicted molar refractivity (Wildman–Crippen MR) is 51.5 cm³/mol. The van der Waals surface area contributed by atoms with Crippen LogP contribution >= 0.6 is 0 Å². The first-order valence-electron chi connectivity index (χ1n) is 4.93. The second kappa shape index (κ2) is 4.33. The summed E-state index contributed by atoms with van der Waals surface area (Å²) in [7, 11) is 0. The van der Waals surface area contributed by atoms with Crippen LogP contribution in [0.3, 0.4) is 0 Å². The molecule has 0 bridgehead atoms. The number of aromatic nitrogens is 2. The van der Waals surface area contributed by atoms with Gasteiger partial charge in [-0.25, -0.2) is 9.97 Å². The molecule has 0 aliphatic carbocycles. The average Bonchev–Trinajstić information content (AvgIpc) is 2.47. The van der Waals surface area contributed by atoms with Gasteiger partial charge >= 0.3 is 0 Å². The van der Waals surface area contributed by atoms with Crippen molar-refractivity contribution in [3.05, 3.63) is 24.3 Å². The maximum Gasteiger partial charge on any atom is 0.115 e. The van der Waals surface area contributed by atoms with E-state index < -0.39 is 0 Å². The Kier molecular flexibility index (Phi) is 2.87. The SMILES string of the molecule is c1cc(C2CCCCNC2)ncn1. The van der Waals surface area contributed by atoms with Crippen molar-refractivity contribution in [3.8, 4) is 0 Å². The summed E-state index contributed by atoms with van der Waals surface area (Å²) in [6, 6.07) is 2.03. The van der Waals surface area contributed by atoms with E-state index in [1.807, 2.05) is 12.3 Å². The predicted octanol–water partition coefficient (Wildman–Crippen LogP) is 1.33. The molecule has 0 amide bonds. The molecule has 1 unspecified atom stereocenters. The number of hydrogen-bond donors (Lipinski definition) is 1. The van der Waals surface area contributed by atoms with Crippen LogP contribution in [0.5, 0.6) is 0 Å². The van der Waals surface area contributed by atoms with Gasteiger partial charge in [-0.05, 0) is 25.5 Å². The monoisotopic (exact) mass is 177 g/mol. The highest BCUT2D eigenvalue weighted by Crippen LogP contribution is 2.20. The average molecular weight is 177 g/mol. The summed E-state index contributed by atoms with van der Waals surface area (Å²) in [4.78, 5) is 8.23. The highest BCUT2D eigenvalue weighted by molar-refractivity contribution is 5.06. The first-order valence-corrected chi connectivity index (χ1v) is 4.93. The zero-order valence-corrected chi connectivity index (χ0v) is 7.74. The molecule has 1 N–H and O–H groups in total. The van der Waals surface area contributed by atoms with Gasteiger partial charge in [-0.2, -0.15) is 0 Å². The largest absolute Gasteiger partial charge is 0.316 e. The zero-order chi connectivity index (χ0) is 8.93. The van der Waals surface area contributed by atoms with Crippen LogP contribution in [0.1, 0.15) is 30.9 Å². The van der Waals surface area contributed by atoms with Crippen molar-refractivity contribution in [1.29, 1.82) is 0 Å². The Morgan fingerprint density at radius 3 is 3.23 bits per heavy atom. The van der Waals surface area contributed by atoms with Gasteiger partial charge in [-0.3, -0.25) is 0 Å². The van der Waals surface area contributed by atoms with Crippen LogP contribution in [0.25, 0.3) is 0 Å². The maximum atomic E-state index is 4.29. The van der Waals surface area contributed by atoms with Crippen molar-refractivity contribution in [1.82, 2.24) is 15.3 Å². The van der Waals surface area contributed by atoms with Crippen LogP contribution in [0, 0.1) is 0 Å². The van der Waals surface area contributed by atoms with E-state index in [1.165, 1.54) is 25.0 Å². The Labute approximate surface area is 78.6 Å². The van der Waals surface area contributed by atoms with Crippen LogP contribution in [0.15, 0.2) is 18.6 Å². The standard InChI is InChI=1S/C10H15N3/c1-2-5-11-7-9(3-1)10-4-6-12-8-13-10/h4,6,8-9,11H,1-3,5,7H2. The fraction of sp³-hybridized carbons (Fsp3) is 0.600. The van der Waals surface area contributed by atoms with E-state index in [2.05, 4.69) is 15.3 Å². The molecular formula is C10H15N3. The van der Waals surface area contributed by atoms with Crippen LogP contribution in [0.2, 0.25) is 0 Å². The smallest absolute Gasteiger partial charge is 0.115 e. The summed E-state index contributed by atoms with van der Waals surface area (Å²) in [5.41, 5.74) is 1.18. The van der Waals surface area contributed by atoms with Gasteiger partial charge in [0, 0.05) is 24.4 Å². The molecule has 1 aromatic rings. The Morgan fingerprint density at radius 2 is 2.38 bits per heavy atom. The van der Waals surface area contributed by atoms with E-state index in [1.54, 1.807) is 6.33 Å². The van der Waals surface area contributed by atoms with E-state index in [4.69, 9.17) is 0 Å². The second-order valence-electron chi connectivity index (χ2n) is 3.53. The lowest BCUT2D eigenvalue weighted by Crippen LogP contribution is -2.19. The molecule has 1 saturated heterocycles. The van der Waals surface area contributed by atoms with E-state index in [9.17, 15) is 0 Å². The van der Waals surface area contributed by atoms with Crippen LogP contribution < -0.4 is 5.32 Å². The first kappa shape index (κ1) is 8.63. The summed E-state index contributed by atoms with van der Waals surface area (Å²) in [6.45, 7) is 2.22. The van der Waals surface area contributed by atoms with Crippen molar-refractivity contribution in [3.63, 3.8) is 0 Å². The van der Waals surface area contributed by atoms with Gasteiger partial charge in [0.05, 0.1) is 0 Å². The van der Waals surface area contributed by atoms with Crippen molar-refractivity contribution in [2.24, 2.45) is 0 Å². The highest BCUT2D eigenvalue weighted by Gasteiger charge is 2.14. The van der Waals surface area contributed by atoms with Crippen molar-refractivity contribution < 1.29 is 0 Å². The second-order valence-corrected chi connectivity index (χ2v) is 3.53. The lowest BCUT2D eigenvalue weighted by atomic mass is 10.00. The fourth-order valence-corrected chi connectivity index (χ4v) is 1.81. The molecule has 2 heterocycles. The molecule has 0 aromatic carbocycles. The number of nitrogens with one attached hydrogen (secondary N) is 1. The number of nitrogens with zero attached hydrogens (tertiary/aromatic N) is 2. The third-order valence-corrected chi connectivity index (χ3v) is 2.57. The molecule has 0 spiro atoms. The van der Waals surface area contributed by atoms with Gasteiger partial charge in [0.25, 0.3) is 0 Å². The first-order chi connectivity index (χ1) is 6.47. The fourth-order valence-electron chi connectivity index (χ4n) is 1.81. The van der Waals surface area contributed by atoms with Crippen molar-refractivity contribution in [2.45, 2.75) is 25.2 Å². The van der Waals surface area contributed by atoms with Gasteiger partial charge in [-0.1, -0.05) is 6.42 Å².